The molecule has 2 N–H and O–H groups in total. The minimum Gasteiger partial charge on any atom is -0.395 e. The number of rotatable bonds is 8. The Morgan fingerprint density at radius 3 is 2.47 bits per heavy atom. The van der Waals surface area contributed by atoms with E-state index in [1.807, 2.05) is 18.7 Å². The van der Waals surface area contributed by atoms with E-state index >= 15 is 0 Å². The zero-order valence-electron chi connectivity index (χ0n) is 10.1. The van der Waals surface area contributed by atoms with Gasteiger partial charge in [0.1, 0.15) is 0 Å². The van der Waals surface area contributed by atoms with Crippen molar-refractivity contribution in [2.24, 2.45) is 0 Å². The molecule has 4 nitrogen and oxygen atoms in total. The molecule has 1 amide bonds. The third-order valence-electron chi connectivity index (χ3n) is 2.37. The highest BCUT2D eigenvalue weighted by Crippen LogP contribution is 2.00. The van der Waals surface area contributed by atoms with E-state index < -0.39 is 0 Å². The molecule has 15 heavy (non-hydrogen) atoms. The second-order valence-electron chi connectivity index (χ2n) is 3.73. The van der Waals surface area contributed by atoms with Gasteiger partial charge in [0.05, 0.1) is 12.6 Å². The van der Waals surface area contributed by atoms with Crippen molar-refractivity contribution in [3.05, 3.63) is 0 Å². The SMILES string of the molecule is CCCNC(=O)C(C)N(CCC)CCO. The highest BCUT2D eigenvalue weighted by molar-refractivity contribution is 5.81. The summed E-state index contributed by atoms with van der Waals surface area (Å²) in [6.45, 7) is 8.23. The summed E-state index contributed by atoms with van der Waals surface area (Å²) in [5.74, 6) is 0.0544. The third kappa shape index (κ3) is 5.74. The molecule has 0 aliphatic carbocycles. The maximum absolute atomic E-state index is 11.7. The summed E-state index contributed by atoms with van der Waals surface area (Å²) in [6.07, 6.45) is 1.94. The molecule has 0 saturated heterocycles. The molecule has 1 atom stereocenters. The lowest BCUT2D eigenvalue weighted by Crippen LogP contribution is -2.46. The summed E-state index contributed by atoms with van der Waals surface area (Å²) < 4.78 is 0. The van der Waals surface area contributed by atoms with Crippen LogP contribution in [0.4, 0.5) is 0 Å². The van der Waals surface area contributed by atoms with E-state index in [-0.39, 0.29) is 18.6 Å². The molecule has 0 heterocycles. The van der Waals surface area contributed by atoms with Gasteiger partial charge >= 0.3 is 0 Å². The summed E-state index contributed by atoms with van der Waals surface area (Å²) in [7, 11) is 0. The molecule has 0 aromatic heterocycles. The predicted octanol–water partition coefficient (Wildman–Crippen LogP) is 0.605. The van der Waals surface area contributed by atoms with Gasteiger partial charge in [-0.05, 0) is 26.3 Å². The van der Waals surface area contributed by atoms with Gasteiger partial charge in [-0.15, -0.1) is 0 Å². The fourth-order valence-electron chi connectivity index (χ4n) is 1.48. The van der Waals surface area contributed by atoms with Crippen LogP contribution in [0.15, 0.2) is 0 Å². The summed E-state index contributed by atoms with van der Waals surface area (Å²) in [5, 5.41) is 11.8. The molecule has 1 unspecified atom stereocenters. The van der Waals surface area contributed by atoms with E-state index in [4.69, 9.17) is 5.11 Å². The molecule has 0 rings (SSSR count). The number of carbonyl (C=O) groups is 1. The summed E-state index contributed by atoms with van der Waals surface area (Å²) in [4.78, 5) is 13.7. The molecule has 0 spiro atoms. The molecule has 0 aliphatic rings. The summed E-state index contributed by atoms with van der Waals surface area (Å²) in [5.41, 5.74) is 0. The normalized spacial score (nSPS) is 12.9. The topological polar surface area (TPSA) is 52.6 Å². The van der Waals surface area contributed by atoms with Gasteiger partial charge in [0.15, 0.2) is 0 Å². The largest absolute Gasteiger partial charge is 0.395 e. The summed E-state index contributed by atoms with van der Waals surface area (Å²) >= 11 is 0. The van der Waals surface area contributed by atoms with Crippen molar-refractivity contribution in [1.82, 2.24) is 10.2 Å². The van der Waals surface area contributed by atoms with Gasteiger partial charge in [0, 0.05) is 13.1 Å². The van der Waals surface area contributed by atoms with Crippen molar-refractivity contribution in [2.75, 3.05) is 26.2 Å². The van der Waals surface area contributed by atoms with Gasteiger partial charge in [-0.2, -0.15) is 0 Å². The zero-order chi connectivity index (χ0) is 11.7. The van der Waals surface area contributed by atoms with Crippen LogP contribution in [-0.4, -0.2) is 48.2 Å². The van der Waals surface area contributed by atoms with Crippen LogP contribution >= 0.6 is 0 Å². The Hall–Kier alpha value is -0.610. The van der Waals surface area contributed by atoms with Crippen molar-refractivity contribution < 1.29 is 9.90 Å². The maximum Gasteiger partial charge on any atom is 0.237 e. The van der Waals surface area contributed by atoms with E-state index in [9.17, 15) is 4.79 Å². The smallest absolute Gasteiger partial charge is 0.237 e. The fourth-order valence-corrected chi connectivity index (χ4v) is 1.48. The lowest BCUT2D eigenvalue weighted by atomic mass is 10.2. The average Bonchev–Trinajstić information content (AvgIpc) is 2.24. The standard InChI is InChI=1S/C11H24N2O2/c1-4-6-12-11(15)10(3)13(7-5-2)8-9-14/h10,14H,4-9H2,1-3H3,(H,12,15). The van der Waals surface area contributed by atoms with Crippen molar-refractivity contribution in [1.29, 1.82) is 0 Å². The van der Waals surface area contributed by atoms with Gasteiger partial charge in [-0.3, -0.25) is 9.69 Å². The molecule has 0 aliphatic heterocycles. The number of nitrogens with one attached hydrogen (secondary N) is 1. The Morgan fingerprint density at radius 1 is 1.33 bits per heavy atom. The molecule has 0 bridgehead atoms. The zero-order valence-corrected chi connectivity index (χ0v) is 10.1. The summed E-state index contributed by atoms with van der Waals surface area (Å²) in [6, 6.07) is -0.149. The predicted molar refractivity (Wildman–Crippen MR) is 61.7 cm³/mol. The van der Waals surface area contributed by atoms with Crippen molar-refractivity contribution in [2.45, 2.75) is 39.7 Å². The molecule has 0 saturated carbocycles. The molecule has 0 aromatic rings. The Labute approximate surface area is 92.7 Å². The van der Waals surface area contributed by atoms with E-state index in [0.717, 1.165) is 25.9 Å². The van der Waals surface area contributed by atoms with Gasteiger partial charge in [-0.1, -0.05) is 13.8 Å². The van der Waals surface area contributed by atoms with Crippen LogP contribution in [0.25, 0.3) is 0 Å². The number of hydrogen-bond donors (Lipinski definition) is 2. The van der Waals surface area contributed by atoms with Crippen molar-refractivity contribution >= 4 is 5.91 Å². The van der Waals surface area contributed by atoms with Gasteiger partial charge in [0.2, 0.25) is 5.91 Å². The van der Waals surface area contributed by atoms with E-state index in [2.05, 4.69) is 12.2 Å². The second kappa shape index (κ2) is 8.68. The number of hydrogen-bond acceptors (Lipinski definition) is 3. The first-order valence-electron chi connectivity index (χ1n) is 5.79. The molecule has 0 radical (unpaired) electrons. The lowest BCUT2D eigenvalue weighted by Gasteiger charge is -2.26. The average molecular weight is 216 g/mol. The van der Waals surface area contributed by atoms with Crippen LogP contribution in [0.1, 0.15) is 33.6 Å². The van der Waals surface area contributed by atoms with Gasteiger partial charge in [0.25, 0.3) is 0 Å². The highest BCUT2D eigenvalue weighted by atomic mass is 16.3. The van der Waals surface area contributed by atoms with E-state index in [1.165, 1.54) is 0 Å². The third-order valence-corrected chi connectivity index (χ3v) is 2.37. The Bertz CT molecular complexity index is 168. The molecule has 0 fully saturated rings. The molecule has 90 valence electrons. The monoisotopic (exact) mass is 216 g/mol. The number of aliphatic hydroxyl groups excluding tert-OH is 1. The Balaban J connectivity index is 4.08. The second-order valence-corrected chi connectivity index (χ2v) is 3.73. The van der Waals surface area contributed by atoms with Crippen LogP contribution in [0.5, 0.6) is 0 Å². The van der Waals surface area contributed by atoms with E-state index in [1.54, 1.807) is 0 Å². The van der Waals surface area contributed by atoms with Crippen LogP contribution in [0.2, 0.25) is 0 Å². The number of amides is 1. The minimum atomic E-state index is -0.149. The van der Waals surface area contributed by atoms with Crippen LogP contribution in [0, 0.1) is 0 Å². The molecule has 0 aromatic carbocycles. The first-order valence-corrected chi connectivity index (χ1v) is 5.79. The van der Waals surface area contributed by atoms with E-state index in [0.29, 0.717) is 6.54 Å². The number of aliphatic hydroxyl groups is 1. The lowest BCUT2D eigenvalue weighted by molar-refractivity contribution is -0.126. The highest BCUT2D eigenvalue weighted by Gasteiger charge is 2.19. The Morgan fingerprint density at radius 2 is 2.00 bits per heavy atom. The van der Waals surface area contributed by atoms with Crippen molar-refractivity contribution in [3.8, 4) is 0 Å². The number of carbonyl (C=O) groups excluding carboxylic acids is 1. The van der Waals surface area contributed by atoms with Crippen LogP contribution < -0.4 is 5.32 Å². The maximum atomic E-state index is 11.7. The molecular weight excluding hydrogens is 192 g/mol. The van der Waals surface area contributed by atoms with Crippen molar-refractivity contribution in [3.63, 3.8) is 0 Å². The minimum absolute atomic E-state index is 0.0544. The van der Waals surface area contributed by atoms with Gasteiger partial charge < -0.3 is 10.4 Å². The van der Waals surface area contributed by atoms with Crippen LogP contribution in [-0.2, 0) is 4.79 Å². The Kier molecular flexibility index (Phi) is 8.33. The molecule has 4 heteroatoms. The van der Waals surface area contributed by atoms with Gasteiger partial charge in [-0.25, -0.2) is 0 Å². The fraction of sp³-hybridized carbons (Fsp3) is 0.909. The number of nitrogens with zero attached hydrogens (tertiary/aromatic N) is 1. The molecular formula is C11H24N2O2. The van der Waals surface area contributed by atoms with Crippen LogP contribution in [0.3, 0.4) is 0 Å². The first-order chi connectivity index (χ1) is 7.17. The quantitative estimate of drug-likeness (QED) is 0.625. The first kappa shape index (κ1) is 14.4.